The lowest BCUT2D eigenvalue weighted by Gasteiger charge is -2.44. The zero-order chi connectivity index (χ0) is 57.5. The average Bonchev–Trinajstić information content (AvgIpc) is 1.90. The molecule has 0 fully saturated rings. The van der Waals surface area contributed by atoms with E-state index in [1.54, 1.807) is 0 Å². The highest BCUT2D eigenvalue weighted by Crippen LogP contribution is 2.53. The molecule has 4 heteroatoms. The second-order valence-electron chi connectivity index (χ2n) is 25.6. The molecule has 406 valence electrons. The smallest absolute Gasteiger partial charge is 0.264 e. The third-order valence-electron chi connectivity index (χ3n) is 18.3. The summed E-state index contributed by atoms with van der Waals surface area (Å²) in [7, 11) is 0. The van der Waals surface area contributed by atoms with Crippen LogP contribution in [-0.2, 0) is 10.8 Å². The quantitative estimate of drug-likeness (QED) is 0.121. The van der Waals surface area contributed by atoms with E-state index in [0.717, 1.165) is 11.4 Å². The van der Waals surface area contributed by atoms with Crippen LogP contribution in [0.4, 0.5) is 34.1 Å². The van der Waals surface area contributed by atoms with E-state index in [1.165, 1.54) is 153 Å². The Hall–Kier alpha value is -9.48. The summed E-state index contributed by atoms with van der Waals surface area (Å²) in [6.07, 6.45) is 0. The predicted molar refractivity (Wildman–Crippen MR) is 370 cm³/mol. The zero-order valence-electron chi connectivity index (χ0n) is 49.1. The molecule has 3 heterocycles. The topological polar surface area (TPSA) is 6.48 Å². The van der Waals surface area contributed by atoms with Crippen molar-refractivity contribution in [1.29, 1.82) is 0 Å². The minimum absolute atomic E-state index is 0.0319. The Kier molecular flexibility index (Phi) is 11.6. The molecule has 16 rings (SSSR count). The van der Waals surface area contributed by atoms with Crippen LogP contribution in [0.5, 0.6) is 0 Å². The summed E-state index contributed by atoms with van der Waals surface area (Å²) >= 11 is 1.98. The lowest BCUT2D eigenvalue weighted by molar-refractivity contribution is 0.590. The van der Waals surface area contributed by atoms with Gasteiger partial charge in [-0.3, -0.25) is 0 Å². The van der Waals surface area contributed by atoms with Crippen LogP contribution in [0.1, 0.15) is 58.2 Å². The summed E-state index contributed by atoms with van der Waals surface area (Å²) in [4.78, 5) is 5.31. The molecule has 0 N–H and O–H groups in total. The van der Waals surface area contributed by atoms with Crippen molar-refractivity contribution in [2.75, 3.05) is 9.80 Å². The second-order valence-corrected chi connectivity index (χ2v) is 26.7. The molecule has 0 spiro atoms. The van der Waals surface area contributed by atoms with Gasteiger partial charge in [-0.25, -0.2) is 0 Å². The fourth-order valence-corrected chi connectivity index (χ4v) is 15.7. The van der Waals surface area contributed by atoms with Crippen LogP contribution in [0.2, 0.25) is 0 Å². The average molecular weight is 1110 g/mol. The zero-order valence-corrected chi connectivity index (χ0v) is 49.9. The maximum Gasteiger partial charge on any atom is 0.264 e. The van der Waals surface area contributed by atoms with Crippen molar-refractivity contribution in [3.63, 3.8) is 0 Å². The monoisotopic (exact) mass is 1110 g/mol. The van der Waals surface area contributed by atoms with Gasteiger partial charge in [0.1, 0.15) is 0 Å². The van der Waals surface area contributed by atoms with Gasteiger partial charge in [0.25, 0.3) is 6.71 Å². The van der Waals surface area contributed by atoms with Crippen molar-refractivity contribution in [2.24, 2.45) is 0 Å². The molecule has 0 unspecified atom stereocenters. The summed E-state index contributed by atoms with van der Waals surface area (Å²) in [6.45, 7) is 16.4. The molecule has 0 amide bonds. The first-order valence-corrected chi connectivity index (χ1v) is 30.8. The van der Waals surface area contributed by atoms with E-state index < -0.39 is 0 Å². The lowest BCUT2D eigenvalue weighted by Crippen LogP contribution is -2.60. The largest absolute Gasteiger partial charge is 0.311 e. The van der Waals surface area contributed by atoms with Crippen molar-refractivity contribution in [3.05, 3.63) is 271 Å². The van der Waals surface area contributed by atoms with E-state index in [0.29, 0.717) is 0 Å². The van der Waals surface area contributed by atoms with E-state index in [2.05, 4.69) is 313 Å². The van der Waals surface area contributed by atoms with Crippen molar-refractivity contribution in [2.45, 2.75) is 59.3 Å². The van der Waals surface area contributed by atoms with E-state index in [1.807, 2.05) is 11.3 Å². The van der Waals surface area contributed by atoms with Gasteiger partial charge in [0, 0.05) is 43.3 Å². The fraction of sp³-hybridized carbons (Fsp3) is 0.111. The Labute approximate surface area is 503 Å². The number of benzene rings is 13. The molecule has 13 aromatic carbocycles. The van der Waals surface area contributed by atoms with Crippen LogP contribution in [0.25, 0.3) is 97.7 Å². The molecule has 2 nitrogen and oxygen atoms in total. The third kappa shape index (κ3) is 8.06. The molecule has 14 aromatic rings. The number of hydrogen-bond acceptors (Lipinski definition) is 3. The molecule has 2 aliphatic heterocycles. The normalized spacial score (nSPS) is 13.0. The van der Waals surface area contributed by atoms with Gasteiger partial charge in [0.15, 0.2) is 0 Å². The molecular weight excluding hydrogens is 1040 g/mol. The van der Waals surface area contributed by atoms with Crippen LogP contribution in [-0.4, -0.2) is 6.71 Å². The Balaban J connectivity index is 1.02. The van der Waals surface area contributed by atoms with Gasteiger partial charge in [-0.2, -0.15) is 0 Å². The Bertz CT molecular complexity index is 5030. The van der Waals surface area contributed by atoms with E-state index in [4.69, 9.17) is 0 Å². The van der Waals surface area contributed by atoms with E-state index in [9.17, 15) is 0 Å². The molecule has 0 radical (unpaired) electrons. The highest BCUT2D eigenvalue weighted by atomic mass is 32.1. The van der Waals surface area contributed by atoms with Crippen molar-refractivity contribution in [1.82, 2.24) is 0 Å². The van der Waals surface area contributed by atoms with Crippen LogP contribution in [0.15, 0.2) is 255 Å². The first-order valence-electron chi connectivity index (χ1n) is 30.0. The minimum atomic E-state index is -0.0953. The SMILES string of the molecule is Cc1cc2c3c(c1)N(c1ccc4c(-c5ccccc5)c5ccccc5c(-c5ccccc5)c4c1)c1c(sc4ccc(C(C)(C)C)cc14)B3c1ccc(C(C)(C)C)cc1N2c1ccc2c(-c3ccccc3)c3ccccc3c(-c3ccccc3)c2c1. The number of aryl methyl sites for hydroxylation is 1. The van der Waals surface area contributed by atoms with Crippen LogP contribution in [0, 0.1) is 6.92 Å². The second kappa shape index (κ2) is 19.3. The Morgan fingerprint density at radius 2 is 0.718 bits per heavy atom. The summed E-state index contributed by atoms with van der Waals surface area (Å²) in [6, 6.07) is 96.6. The number of fused-ring (bicyclic) bond motifs is 10. The number of nitrogens with zero attached hydrogens (tertiary/aromatic N) is 2. The van der Waals surface area contributed by atoms with E-state index in [-0.39, 0.29) is 17.5 Å². The molecule has 0 atom stereocenters. The first-order chi connectivity index (χ1) is 41.4. The standard InChI is InChI=1S/C81H63BN2S/c1-50-44-70-77-71(45-50)84(58-39-41-64-66(49-58)76(54-30-18-11-19-31-54)62-35-23-21-33-60(62)74(64)52-26-14-9-15-27-52)78-67-46-55(80(2,3)4)37-43-72(67)85-79(78)82(77)68-42-36-56(81(5,6)7)47-69(68)83(70)57-38-40-63-65(48-57)75(53-28-16-10-17-29-53)61-34-22-20-32-59(61)73(63)51-24-12-8-13-25-51/h8-49H,1-7H3. The molecular formula is C81H63BN2S. The fourth-order valence-electron chi connectivity index (χ4n) is 14.4. The first kappa shape index (κ1) is 51.2. The number of hydrogen-bond donors (Lipinski definition) is 0. The van der Waals surface area contributed by atoms with Gasteiger partial charge in [0.05, 0.1) is 5.69 Å². The van der Waals surface area contributed by atoms with Gasteiger partial charge in [0.2, 0.25) is 0 Å². The summed E-state index contributed by atoms with van der Waals surface area (Å²) < 4.78 is 2.68. The van der Waals surface area contributed by atoms with Gasteiger partial charge in [-0.15, -0.1) is 11.3 Å². The van der Waals surface area contributed by atoms with Gasteiger partial charge in [-0.05, 0) is 188 Å². The molecule has 2 aliphatic rings. The van der Waals surface area contributed by atoms with Crippen LogP contribution >= 0.6 is 11.3 Å². The molecule has 85 heavy (non-hydrogen) atoms. The van der Waals surface area contributed by atoms with Crippen LogP contribution in [0.3, 0.4) is 0 Å². The summed E-state index contributed by atoms with van der Waals surface area (Å²) in [5, 5.41) is 11.2. The molecule has 0 saturated carbocycles. The highest BCUT2D eigenvalue weighted by molar-refractivity contribution is 7.33. The third-order valence-corrected chi connectivity index (χ3v) is 19.5. The summed E-state index contributed by atoms with van der Waals surface area (Å²) in [5.41, 5.74) is 23.5. The highest BCUT2D eigenvalue weighted by Gasteiger charge is 2.46. The van der Waals surface area contributed by atoms with Gasteiger partial charge >= 0.3 is 0 Å². The number of thiophene rings is 1. The maximum atomic E-state index is 2.67. The Morgan fingerprint density at radius 1 is 0.329 bits per heavy atom. The van der Waals surface area contributed by atoms with Crippen LogP contribution < -0.4 is 25.5 Å². The molecule has 1 aromatic heterocycles. The minimum Gasteiger partial charge on any atom is -0.311 e. The Morgan fingerprint density at radius 3 is 1.18 bits per heavy atom. The summed E-state index contributed by atoms with van der Waals surface area (Å²) in [5.74, 6) is 0. The van der Waals surface area contributed by atoms with Crippen molar-refractivity contribution in [3.8, 4) is 44.5 Å². The van der Waals surface area contributed by atoms with Crippen molar-refractivity contribution < 1.29 is 0 Å². The number of anilines is 6. The molecule has 0 bridgehead atoms. The maximum absolute atomic E-state index is 2.67. The van der Waals surface area contributed by atoms with Crippen molar-refractivity contribution >= 4 is 121 Å². The molecule has 0 aliphatic carbocycles. The number of rotatable bonds is 6. The van der Waals surface area contributed by atoms with E-state index >= 15 is 0 Å². The van der Waals surface area contributed by atoms with Gasteiger partial charge < -0.3 is 9.80 Å². The van der Waals surface area contributed by atoms with Gasteiger partial charge in [-0.1, -0.05) is 242 Å². The lowest BCUT2D eigenvalue weighted by atomic mass is 9.36. The molecule has 0 saturated heterocycles. The predicted octanol–water partition coefficient (Wildman–Crippen LogP) is 21.2.